The predicted octanol–water partition coefficient (Wildman–Crippen LogP) is 3.97. The molecular formula is C26H32N2O4. The molecule has 6 nitrogen and oxygen atoms in total. The van der Waals surface area contributed by atoms with Gasteiger partial charge in [-0.1, -0.05) is 26.0 Å². The molecule has 2 aliphatic heterocycles. The summed E-state index contributed by atoms with van der Waals surface area (Å²) in [5.41, 5.74) is 2.62. The Labute approximate surface area is 190 Å². The first-order valence-electron chi connectivity index (χ1n) is 11.5. The average Bonchev–Trinajstić information content (AvgIpc) is 3.31. The average molecular weight is 437 g/mol. The van der Waals surface area contributed by atoms with Crippen molar-refractivity contribution in [2.24, 2.45) is 0 Å². The van der Waals surface area contributed by atoms with Crippen LogP contribution in [0.15, 0.2) is 48.5 Å². The van der Waals surface area contributed by atoms with Gasteiger partial charge in [0.1, 0.15) is 12.4 Å². The predicted molar refractivity (Wildman–Crippen MR) is 123 cm³/mol. The first-order valence-corrected chi connectivity index (χ1v) is 11.5. The summed E-state index contributed by atoms with van der Waals surface area (Å²) in [6, 6.07) is 15.3. The second kappa shape index (κ2) is 10.2. The summed E-state index contributed by atoms with van der Waals surface area (Å²) >= 11 is 0. The number of ether oxygens (including phenoxy) is 2. The van der Waals surface area contributed by atoms with Crippen LogP contribution in [-0.4, -0.2) is 67.1 Å². The van der Waals surface area contributed by atoms with Crippen molar-refractivity contribution in [2.75, 3.05) is 39.5 Å². The molecule has 2 aromatic rings. The van der Waals surface area contributed by atoms with Crippen LogP contribution in [0.4, 0.5) is 0 Å². The van der Waals surface area contributed by atoms with Crippen molar-refractivity contribution >= 4 is 11.8 Å². The van der Waals surface area contributed by atoms with Crippen molar-refractivity contribution in [3.63, 3.8) is 0 Å². The third-order valence-corrected chi connectivity index (χ3v) is 6.30. The number of hydrogen-bond donors (Lipinski definition) is 0. The van der Waals surface area contributed by atoms with Gasteiger partial charge in [-0.3, -0.25) is 9.59 Å². The smallest absolute Gasteiger partial charge is 0.254 e. The molecule has 1 atom stereocenters. The summed E-state index contributed by atoms with van der Waals surface area (Å²) in [5.74, 6) is 1.25. The first kappa shape index (κ1) is 22.3. The molecule has 2 heterocycles. The molecule has 32 heavy (non-hydrogen) atoms. The van der Waals surface area contributed by atoms with Gasteiger partial charge in [0.05, 0.1) is 19.3 Å². The number of nitrogens with zero attached hydrogens (tertiary/aromatic N) is 2. The maximum Gasteiger partial charge on any atom is 0.254 e. The fourth-order valence-corrected chi connectivity index (χ4v) is 4.29. The highest BCUT2D eigenvalue weighted by Crippen LogP contribution is 2.23. The molecule has 2 fully saturated rings. The van der Waals surface area contributed by atoms with Crippen LogP contribution in [0.25, 0.3) is 0 Å². The number of likely N-dealkylation sites (tertiary alicyclic amines) is 1. The molecule has 0 aliphatic carbocycles. The van der Waals surface area contributed by atoms with E-state index in [9.17, 15) is 9.59 Å². The molecule has 0 radical (unpaired) electrons. The molecule has 0 aromatic heterocycles. The summed E-state index contributed by atoms with van der Waals surface area (Å²) in [7, 11) is 0. The molecule has 0 saturated carbocycles. The van der Waals surface area contributed by atoms with Crippen LogP contribution < -0.4 is 4.74 Å². The van der Waals surface area contributed by atoms with E-state index in [1.165, 1.54) is 5.56 Å². The van der Waals surface area contributed by atoms with Gasteiger partial charge in [-0.2, -0.15) is 0 Å². The van der Waals surface area contributed by atoms with E-state index < -0.39 is 0 Å². The van der Waals surface area contributed by atoms with Gasteiger partial charge in [-0.05, 0) is 60.7 Å². The second-order valence-corrected chi connectivity index (χ2v) is 8.81. The van der Waals surface area contributed by atoms with Gasteiger partial charge in [0.25, 0.3) is 11.8 Å². The van der Waals surface area contributed by atoms with Crippen LogP contribution in [0, 0.1) is 0 Å². The Bertz CT molecular complexity index is 918. The van der Waals surface area contributed by atoms with Crippen molar-refractivity contribution in [3.8, 4) is 5.75 Å². The van der Waals surface area contributed by atoms with Crippen LogP contribution in [0.3, 0.4) is 0 Å². The van der Waals surface area contributed by atoms with Gasteiger partial charge in [-0.25, -0.2) is 0 Å². The lowest BCUT2D eigenvalue weighted by Gasteiger charge is -2.27. The molecule has 2 saturated heterocycles. The summed E-state index contributed by atoms with van der Waals surface area (Å²) in [5, 5.41) is 0. The molecule has 2 amide bonds. The van der Waals surface area contributed by atoms with Crippen LogP contribution in [0.5, 0.6) is 5.75 Å². The maximum absolute atomic E-state index is 13.0. The van der Waals surface area contributed by atoms with Crippen molar-refractivity contribution in [1.82, 2.24) is 9.80 Å². The lowest BCUT2D eigenvalue weighted by atomic mass is 10.0. The van der Waals surface area contributed by atoms with Gasteiger partial charge in [-0.15, -0.1) is 0 Å². The van der Waals surface area contributed by atoms with Gasteiger partial charge in [0.15, 0.2) is 0 Å². The number of rotatable bonds is 6. The topological polar surface area (TPSA) is 59.1 Å². The Morgan fingerprint density at radius 3 is 2.22 bits per heavy atom. The third kappa shape index (κ3) is 5.13. The molecular weight excluding hydrogens is 404 g/mol. The van der Waals surface area contributed by atoms with Crippen molar-refractivity contribution in [2.45, 2.75) is 38.6 Å². The number of carbonyl (C=O) groups excluding carboxylic acids is 2. The Hall–Kier alpha value is -2.86. The van der Waals surface area contributed by atoms with Gasteiger partial charge >= 0.3 is 0 Å². The normalized spacial score (nSPS) is 18.8. The van der Waals surface area contributed by atoms with E-state index in [2.05, 4.69) is 13.8 Å². The highest BCUT2D eigenvalue weighted by atomic mass is 16.5. The Morgan fingerprint density at radius 2 is 1.56 bits per heavy atom. The van der Waals surface area contributed by atoms with Crippen LogP contribution in [-0.2, 0) is 4.74 Å². The maximum atomic E-state index is 13.0. The van der Waals surface area contributed by atoms with E-state index in [1.807, 2.05) is 46.2 Å². The second-order valence-electron chi connectivity index (χ2n) is 8.81. The lowest BCUT2D eigenvalue weighted by Crippen LogP contribution is -2.40. The Morgan fingerprint density at radius 1 is 0.938 bits per heavy atom. The zero-order chi connectivity index (χ0) is 22.5. The molecule has 1 unspecified atom stereocenters. The SMILES string of the molecule is CC(C)c1ccc(C(=O)N2CCCC2COc2ccc(C(=O)N3CCOCC3)cc2)cc1. The lowest BCUT2D eigenvalue weighted by molar-refractivity contribution is 0.0303. The van der Waals surface area contributed by atoms with E-state index >= 15 is 0 Å². The van der Waals surface area contributed by atoms with Crippen LogP contribution in [0.1, 0.15) is 58.9 Å². The molecule has 170 valence electrons. The first-order chi connectivity index (χ1) is 15.5. The molecule has 2 aliphatic rings. The molecule has 0 bridgehead atoms. The Balaban J connectivity index is 1.33. The Kier molecular flexibility index (Phi) is 7.10. The van der Waals surface area contributed by atoms with E-state index in [0.717, 1.165) is 24.9 Å². The zero-order valence-corrected chi connectivity index (χ0v) is 19.0. The largest absolute Gasteiger partial charge is 0.491 e. The third-order valence-electron chi connectivity index (χ3n) is 6.30. The van der Waals surface area contributed by atoms with Crippen molar-refractivity contribution in [3.05, 3.63) is 65.2 Å². The minimum Gasteiger partial charge on any atom is -0.491 e. The van der Waals surface area contributed by atoms with Crippen molar-refractivity contribution in [1.29, 1.82) is 0 Å². The molecule has 4 rings (SSSR count). The number of amides is 2. The van der Waals surface area contributed by atoms with E-state index in [-0.39, 0.29) is 17.9 Å². The van der Waals surface area contributed by atoms with E-state index in [4.69, 9.17) is 9.47 Å². The van der Waals surface area contributed by atoms with Crippen molar-refractivity contribution < 1.29 is 19.1 Å². The zero-order valence-electron chi connectivity index (χ0n) is 19.0. The fourth-order valence-electron chi connectivity index (χ4n) is 4.29. The number of morpholine rings is 1. The number of benzene rings is 2. The minimum atomic E-state index is 0.0240. The highest BCUT2D eigenvalue weighted by Gasteiger charge is 2.30. The summed E-state index contributed by atoms with van der Waals surface area (Å²) in [6.45, 7) is 7.94. The summed E-state index contributed by atoms with van der Waals surface area (Å²) in [6.07, 6.45) is 1.92. The monoisotopic (exact) mass is 436 g/mol. The van der Waals surface area contributed by atoms with E-state index in [0.29, 0.717) is 50.1 Å². The summed E-state index contributed by atoms with van der Waals surface area (Å²) < 4.78 is 11.3. The minimum absolute atomic E-state index is 0.0240. The number of hydrogen-bond acceptors (Lipinski definition) is 4. The highest BCUT2D eigenvalue weighted by molar-refractivity contribution is 5.95. The van der Waals surface area contributed by atoms with Crippen LogP contribution in [0.2, 0.25) is 0 Å². The van der Waals surface area contributed by atoms with Gasteiger partial charge in [0.2, 0.25) is 0 Å². The fraction of sp³-hybridized carbons (Fsp3) is 0.462. The number of carbonyl (C=O) groups is 2. The van der Waals surface area contributed by atoms with Gasteiger partial charge in [0, 0.05) is 30.8 Å². The molecule has 2 aromatic carbocycles. The molecule has 0 spiro atoms. The standard InChI is InChI=1S/C26H32N2O4/c1-19(2)20-5-7-22(8-6-20)26(30)28-13-3-4-23(28)18-32-24-11-9-21(10-12-24)25(29)27-14-16-31-17-15-27/h5-12,19,23H,3-4,13-18H2,1-2H3. The molecule has 6 heteroatoms. The molecule has 0 N–H and O–H groups in total. The van der Waals surface area contributed by atoms with Crippen LogP contribution >= 0.6 is 0 Å². The summed E-state index contributed by atoms with van der Waals surface area (Å²) in [4.78, 5) is 29.4. The van der Waals surface area contributed by atoms with Gasteiger partial charge < -0.3 is 19.3 Å². The quantitative estimate of drug-likeness (QED) is 0.688. The van der Waals surface area contributed by atoms with E-state index in [1.54, 1.807) is 12.1 Å².